The third kappa shape index (κ3) is 5.07. The molecule has 1 rings (SSSR count). The van der Waals surface area contributed by atoms with Crippen LogP contribution < -0.4 is 0 Å². The fraction of sp³-hybridized carbons (Fsp3) is 0.750. The first-order valence-corrected chi connectivity index (χ1v) is 10.9. The van der Waals surface area contributed by atoms with Crippen molar-refractivity contribution in [2.45, 2.75) is 58.3 Å². The number of esters is 1. The molecule has 0 saturated heterocycles. The Labute approximate surface area is 139 Å². The number of carbonyl (C=O) groups excluding carboxylic acids is 1. The van der Waals surface area contributed by atoms with Gasteiger partial charge in [-0.25, -0.2) is 9.59 Å². The summed E-state index contributed by atoms with van der Waals surface area (Å²) in [5.41, 5.74) is 0.401. The van der Waals surface area contributed by atoms with Crippen LogP contribution in [0.1, 0.15) is 34.1 Å². The van der Waals surface area contributed by atoms with Crippen molar-refractivity contribution >= 4 is 20.4 Å². The normalized spacial score (nSPS) is 19.3. The van der Waals surface area contributed by atoms with E-state index in [-0.39, 0.29) is 24.2 Å². The molecule has 6 nitrogen and oxygen atoms in total. The summed E-state index contributed by atoms with van der Waals surface area (Å²) in [6, 6.07) is -0.264. The molecule has 1 aliphatic rings. The number of nitrogens with zero attached hydrogens (tertiary/aromatic N) is 1. The molecule has 0 bridgehead atoms. The Morgan fingerprint density at radius 2 is 2.00 bits per heavy atom. The highest BCUT2D eigenvalue weighted by molar-refractivity contribution is 6.74. The summed E-state index contributed by atoms with van der Waals surface area (Å²) in [7, 11) is -1.94. The lowest BCUT2D eigenvalue weighted by atomic mass is 10.0. The van der Waals surface area contributed by atoms with Crippen molar-refractivity contribution in [1.82, 2.24) is 4.90 Å². The summed E-state index contributed by atoms with van der Waals surface area (Å²) in [6.07, 6.45) is 1.20. The van der Waals surface area contributed by atoms with Crippen LogP contribution in [0.25, 0.3) is 0 Å². The molecule has 0 unspecified atom stereocenters. The number of carbonyl (C=O) groups is 2. The molecule has 1 atom stereocenters. The first-order valence-electron chi connectivity index (χ1n) is 7.99. The molecule has 1 N–H and O–H groups in total. The van der Waals surface area contributed by atoms with Crippen LogP contribution in [0.2, 0.25) is 18.1 Å². The van der Waals surface area contributed by atoms with Gasteiger partial charge < -0.3 is 14.3 Å². The van der Waals surface area contributed by atoms with Crippen LogP contribution in [-0.2, 0) is 14.0 Å². The van der Waals surface area contributed by atoms with Crippen LogP contribution in [0.15, 0.2) is 11.6 Å². The second-order valence-electron chi connectivity index (χ2n) is 7.32. The number of amides is 1. The van der Waals surface area contributed by atoms with E-state index in [4.69, 9.17) is 9.16 Å². The summed E-state index contributed by atoms with van der Waals surface area (Å²) >= 11 is 0. The highest BCUT2D eigenvalue weighted by Crippen LogP contribution is 2.37. The molecule has 1 amide bonds. The van der Waals surface area contributed by atoms with Gasteiger partial charge in [-0.3, -0.25) is 4.90 Å². The van der Waals surface area contributed by atoms with E-state index in [0.717, 1.165) is 0 Å². The van der Waals surface area contributed by atoms with Crippen molar-refractivity contribution in [3.63, 3.8) is 0 Å². The second kappa shape index (κ2) is 7.48. The molecule has 0 aromatic rings. The molecule has 0 radical (unpaired) electrons. The van der Waals surface area contributed by atoms with E-state index in [2.05, 4.69) is 33.9 Å². The van der Waals surface area contributed by atoms with E-state index in [1.54, 1.807) is 13.0 Å². The Morgan fingerprint density at radius 1 is 1.39 bits per heavy atom. The van der Waals surface area contributed by atoms with Crippen LogP contribution in [0.3, 0.4) is 0 Å². The maximum atomic E-state index is 11.8. The molecule has 0 fully saturated rings. The van der Waals surface area contributed by atoms with Gasteiger partial charge in [0.2, 0.25) is 0 Å². The molecule has 0 saturated carbocycles. The molecule has 1 heterocycles. The van der Waals surface area contributed by atoms with E-state index in [9.17, 15) is 14.7 Å². The van der Waals surface area contributed by atoms with Crippen LogP contribution in [0.5, 0.6) is 0 Å². The van der Waals surface area contributed by atoms with Crippen molar-refractivity contribution in [2.24, 2.45) is 0 Å². The third-order valence-corrected chi connectivity index (χ3v) is 9.14. The summed E-state index contributed by atoms with van der Waals surface area (Å²) in [5.74, 6) is -0.442. The maximum Gasteiger partial charge on any atom is 0.407 e. The van der Waals surface area contributed by atoms with Gasteiger partial charge >= 0.3 is 12.1 Å². The SMILES string of the molecule is CCOC(=O)C1=CC[C@@H](CO[Si](C)(C)C(C)(C)C)N(C(=O)O)C1. The quantitative estimate of drug-likeness (QED) is 0.612. The average Bonchev–Trinajstić information content (AvgIpc) is 2.44. The van der Waals surface area contributed by atoms with Gasteiger partial charge in [-0.2, -0.15) is 0 Å². The van der Waals surface area contributed by atoms with Crippen molar-refractivity contribution in [3.8, 4) is 0 Å². The van der Waals surface area contributed by atoms with E-state index in [1.165, 1.54) is 4.90 Å². The fourth-order valence-electron chi connectivity index (χ4n) is 2.06. The van der Waals surface area contributed by atoms with Crippen molar-refractivity contribution < 1.29 is 23.9 Å². The van der Waals surface area contributed by atoms with Gasteiger partial charge in [0.1, 0.15) is 0 Å². The molecule has 0 aromatic carbocycles. The Bertz CT molecular complexity index is 481. The van der Waals surface area contributed by atoms with E-state index in [0.29, 0.717) is 18.6 Å². The molecule has 7 heteroatoms. The molecular formula is C16H29NO5Si. The largest absolute Gasteiger partial charge is 0.465 e. The standard InChI is InChI=1S/C16H29NO5Si/c1-7-21-14(18)12-8-9-13(17(10-12)15(19)20)11-22-23(5,6)16(2,3)4/h8,13H,7,9-11H2,1-6H3,(H,19,20)/t13-/m0/s1. The Hall–Kier alpha value is -1.34. The van der Waals surface area contributed by atoms with E-state index in [1.807, 2.05) is 0 Å². The molecule has 0 aliphatic carbocycles. The molecule has 1 aliphatic heterocycles. The number of hydrogen-bond acceptors (Lipinski definition) is 4. The topological polar surface area (TPSA) is 76.1 Å². The van der Waals surface area contributed by atoms with Gasteiger partial charge in [0.05, 0.1) is 31.4 Å². The molecule has 0 aromatic heterocycles. The monoisotopic (exact) mass is 343 g/mol. The first-order chi connectivity index (χ1) is 10.5. The van der Waals surface area contributed by atoms with Gasteiger partial charge in [0.15, 0.2) is 8.32 Å². The predicted octanol–water partition coefficient (Wildman–Crippen LogP) is 3.25. The van der Waals surface area contributed by atoms with Crippen molar-refractivity contribution in [3.05, 3.63) is 11.6 Å². The zero-order valence-corrected chi connectivity index (χ0v) is 16.0. The van der Waals surface area contributed by atoms with Gasteiger partial charge in [0.25, 0.3) is 0 Å². The minimum atomic E-state index is -1.94. The number of ether oxygens (including phenoxy) is 1. The van der Waals surface area contributed by atoms with Gasteiger partial charge in [0, 0.05) is 0 Å². The maximum absolute atomic E-state index is 11.8. The summed E-state index contributed by atoms with van der Waals surface area (Å²) < 4.78 is 11.1. The molecular weight excluding hydrogens is 314 g/mol. The van der Waals surface area contributed by atoms with Crippen LogP contribution >= 0.6 is 0 Å². The van der Waals surface area contributed by atoms with Crippen molar-refractivity contribution in [1.29, 1.82) is 0 Å². The first kappa shape index (κ1) is 19.7. The summed E-state index contributed by atoms with van der Waals surface area (Å²) in [6.45, 7) is 13.1. The Kier molecular flexibility index (Phi) is 6.41. The number of rotatable bonds is 5. The van der Waals surface area contributed by atoms with Crippen LogP contribution in [0, 0.1) is 0 Å². The zero-order valence-electron chi connectivity index (χ0n) is 15.0. The van der Waals surface area contributed by atoms with Gasteiger partial charge in [-0.05, 0) is 31.5 Å². The van der Waals surface area contributed by atoms with E-state index >= 15 is 0 Å². The molecule has 0 spiro atoms. The molecule has 132 valence electrons. The third-order valence-electron chi connectivity index (χ3n) is 4.64. The second-order valence-corrected chi connectivity index (χ2v) is 12.1. The van der Waals surface area contributed by atoms with E-state index < -0.39 is 20.4 Å². The Morgan fingerprint density at radius 3 is 2.48 bits per heavy atom. The predicted molar refractivity (Wildman–Crippen MR) is 91.0 cm³/mol. The Balaban J connectivity index is 2.79. The molecule has 23 heavy (non-hydrogen) atoms. The zero-order chi connectivity index (χ0) is 17.8. The number of hydrogen-bond donors (Lipinski definition) is 1. The summed E-state index contributed by atoms with van der Waals surface area (Å²) in [5, 5.41) is 9.50. The number of carboxylic acid groups (broad SMARTS) is 1. The fourth-order valence-corrected chi connectivity index (χ4v) is 3.10. The minimum absolute atomic E-state index is 0.0553. The van der Waals surface area contributed by atoms with Gasteiger partial charge in [-0.15, -0.1) is 0 Å². The highest BCUT2D eigenvalue weighted by atomic mass is 28.4. The lowest BCUT2D eigenvalue weighted by Gasteiger charge is -2.39. The minimum Gasteiger partial charge on any atom is -0.465 e. The highest BCUT2D eigenvalue weighted by Gasteiger charge is 2.39. The van der Waals surface area contributed by atoms with Crippen LogP contribution in [0.4, 0.5) is 4.79 Å². The lowest BCUT2D eigenvalue weighted by molar-refractivity contribution is -0.138. The average molecular weight is 343 g/mol. The smallest absolute Gasteiger partial charge is 0.407 e. The summed E-state index contributed by atoms with van der Waals surface area (Å²) in [4.78, 5) is 24.6. The van der Waals surface area contributed by atoms with Gasteiger partial charge in [-0.1, -0.05) is 26.8 Å². The lowest BCUT2D eigenvalue weighted by Crippen LogP contribution is -2.50. The van der Waals surface area contributed by atoms with Crippen molar-refractivity contribution in [2.75, 3.05) is 19.8 Å². The van der Waals surface area contributed by atoms with Crippen LogP contribution in [-0.4, -0.2) is 56.2 Å².